The molecule has 0 N–H and O–H groups in total. The molecule has 1 aromatic carbocycles. The van der Waals surface area contributed by atoms with E-state index in [-0.39, 0.29) is 5.38 Å². The Bertz CT molecular complexity index is 294. The van der Waals surface area contributed by atoms with Crippen LogP contribution in [0.3, 0.4) is 0 Å². The Kier molecular flexibility index (Phi) is 3.69. The fourth-order valence-electron chi connectivity index (χ4n) is 2.47. The molecule has 0 nitrogen and oxygen atoms in total. The molecule has 1 atom stereocenters. The molecular weight excluding hydrogens is 204 g/mol. The lowest BCUT2D eigenvalue weighted by Crippen LogP contribution is -2.04. The van der Waals surface area contributed by atoms with E-state index >= 15 is 0 Å². The molecule has 0 spiro atoms. The summed E-state index contributed by atoms with van der Waals surface area (Å²) in [6.07, 6.45) is 6.97. The lowest BCUT2D eigenvalue weighted by atomic mass is 9.84. The van der Waals surface area contributed by atoms with Crippen molar-refractivity contribution in [2.75, 3.05) is 0 Å². The van der Waals surface area contributed by atoms with E-state index in [1.165, 1.54) is 43.2 Å². The van der Waals surface area contributed by atoms with Gasteiger partial charge in [-0.1, -0.05) is 43.5 Å². The topological polar surface area (TPSA) is 0 Å². The van der Waals surface area contributed by atoms with Crippen LogP contribution >= 0.6 is 11.6 Å². The maximum absolute atomic E-state index is 6.04. The summed E-state index contributed by atoms with van der Waals surface area (Å²) in [7, 11) is 0. The normalized spacial score (nSPS) is 20.1. The maximum Gasteiger partial charge on any atom is 0.0557 e. The first-order chi connectivity index (χ1) is 7.27. The van der Waals surface area contributed by atoms with E-state index in [1.54, 1.807) is 0 Å². The zero-order chi connectivity index (χ0) is 10.7. The van der Waals surface area contributed by atoms with Gasteiger partial charge in [0.15, 0.2) is 0 Å². The van der Waals surface area contributed by atoms with Crippen LogP contribution in [0.1, 0.15) is 61.4 Å². The number of benzene rings is 1. The Labute approximate surface area is 97.6 Å². The van der Waals surface area contributed by atoms with Crippen molar-refractivity contribution in [1.82, 2.24) is 0 Å². The smallest absolute Gasteiger partial charge is 0.0557 e. The molecule has 1 aliphatic rings. The molecule has 1 heteroatoms. The average molecular weight is 223 g/mol. The highest BCUT2D eigenvalue weighted by Crippen LogP contribution is 2.33. The molecule has 0 radical (unpaired) electrons. The number of halogens is 1. The SMILES string of the molecule is CC(Cl)c1ccc(C2CCCCC2)cc1. The van der Waals surface area contributed by atoms with E-state index in [0.29, 0.717) is 0 Å². The first-order valence-electron chi connectivity index (χ1n) is 6.01. The Balaban J connectivity index is 2.08. The average Bonchev–Trinajstić information content (AvgIpc) is 2.30. The molecule has 0 saturated heterocycles. The largest absolute Gasteiger partial charge is 0.118 e. The second kappa shape index (κ2) is 5.03. The zero-order valence-corrected chi connectivity index (χ0v) is 10.1. The van der Waals surface area contributed by atoms with E-state index < -0.39 is 0 Å². The van der Waals surface area contributed by atoms with Crippen LogP contribution in [0.5, 0.6) is 0 Å². The van der Waals surface area contributed by atoms with Gasteiger partial charge in [-0.2, -0.15) is 0 Å². The molecule has 0 aliphatic heterocycles. The molecule has 0 heterocycles. The Morgan fingerprint density at radius 1 is 1.07 bits per heavy atom. The third-order valence-electron chi connectivity index (χ3n) is 3.47. The van der Waals surface area contributed by atoms with Crippen LogP contribution in [-0.2, 0) is 0 Å². The fraction of sp³-hybridized carbons (Fsp3) is 0.571. The summed E-state index contributed by atoms with van der Waals surface area (Å²) in [6.45, 7) is 2.02. The van der Waals surface area contributed by atoms with Crippen molar-refractivity contribution in [2.24, 2.45) is 0 Å². The van der Waals surface area contributed by atoms with E-state index in [1.807, 2.05) is 6.92 Å². The summed E-state index contributed by atoms with van der Waals surface area (Å²) < 4.78 is 0. The molecule has 0 bridgehead atoms. The van der Waals surface area contributed by atoms with E-state index in [4.69, 9.17) is 11.6 Å². The van der Waals surface area contributed by atoms with Crippen molar-refractivity contribution in [2.45, 2.75) is 50.3 Å². The summed E-state index contributed by atoms with van der Waals surface area (Å²) in [5.74, 6) is 0.804. The van der Waals surface area contributed by atoms with Gasteiger partial charge in [-0.05, 0) is 36.8 Å². The van der Waals surface area contributed by atoms with Crippen molar-refractivity contribution in [3.63, 3.8) is 0 Å². The molecule has 82 valence electrons. The molecule has 0 aromatic heterocycles. The Morgan fingerprint density at radius 2 is 1.67 bits per heavy atom. The monoisotopic (exact) mass is 222 g/mol. The summed E-state index contributed by atoms with van der Waals surface area (Å²) in [4.78, 5) is 0. The van der Waals surface area contributed by atoms with Crippen molar-refractivity contribution in [3.8, 4) is 0 Å². The molecule has 0 amide bonds. The highest BCUT2D eigenvalue weighted by atomic mass is 35.5. The summed E-state index contributed by atoms with van der Waals surface area (Å²) in [5.41, 5.74) is 2.74. The van der Waals surface area contributed by atoms with E-state index in [0.717, 1.165) is 5.92 Å². The van der Waals surface area contributed by atoms with Crippen LogP contribution < -0.4 is 0 Å². The molecule has 1 saturated carbocycles. The molecule has 15 heavy (non-hydrogen) atoms. The molecule has 1 unspecified atom stereocenters. The van der Waals surface area contributed by atoms with Crippen molar-refractivity contribution < 1.29 is 0 Å². The molecule has 1 fully saturated rings. The van der Waals surface area contributed by atoms with Crippen LogP contribution in [0.25, 0.3) is 0 Å². The minimum atomic E-state index is 0.130. The molecule has 1 aliphatic carbocycles. The molecule has 1 aromatic rings. The summed E-state index contributed by atoms with van der Waals surface area (Å²) >= 11 is 6.04. The van der Waals surface area contributed by atoms with Crippen molar-refractivity contribution in [1.29, 1.82) is 0 Å². The Morgan fingerprint density at radius 3 is 2.20 bits per heavy atom. The first-order valence-corrected chi connectivity index (χ1v) is 6.45. The predicted octanol–water partition coefficient (Wildman–Crippen LogP) is 5.03. The minimum absolute atomic E-state index is 0.130. The van der Waals surface area contributed by atoms with Crippen LogP contribution in [0.4, 0.5) is 0 Å². The van der Waals surface area contributed by atoms with Gasteiger partial charge in [0.1, 0.15) is 0 Å². The van der Waals surface area contributed by atoms with Crippen LogP contribution in [-0.4, -0.2) is 0 Å². The van der Waals surface area contributed by atoms with Gasteiger partial charge >= 0.3 is 0 Å². The highest BCUT2D eigenvalue weighted by molar-refractivity contribution is 6.20. The van der Waals surface area contributed by atoms with Gasteiger partial charge in [-0.3, -0.25) is 0 Å². The van der Waals surface area contributed by atoms with Crippen LogP contribution in [0.2, 0.25) is 0 Å². The van der Waals surface area contributed by atoms with Gasteiger partial charge in [0.25, 0.3) is 0 Å². The number of hydrogen-bond donors (Lipinski definition) is 0. The zero-order valence-electron chi connectivity index (χ0n) is 9.38. The molecule has 2 rings (SSSR count). The van der Waals surface area contributed by atoms with Gasteiger partial charge in [0.05, 0.1) is 5.38 Å². The van der Waals surface area contributed by atoms with E-state index in [2.05, 4.69) is 24.3 Å². The minimum Gasteiger partial charge on any atom is -0.118 e. The second-order valence-corrected chi connectivity index (χ2v) is 5.27. The van der Waals surface area contributed by atoms with Crippen LogP contribution in [0, 0.1) is 0 Å². The van der Waals surface area contributed by atoms with Crippen LogP contribution in [0.15, 0.2) is 24.3 Å². The van der Waals surface area contributed by atoms with Gasteiger partial charge in [-0.15, -0.1) is 11.6 Å². The third kappa shape index (κ3) is 2.75. The Hall–Kier alpha value is -0.490. The van der Waals surface area contributed by atoms with E-state index in [9.17, 15) is 0 Å². The number of rotatable bonds is 2. The first kappa shape index (κ1) is 11.0. The molecular formula is C14H19Cl. The van der Waals surface area contributed by atoms with Gasteiger partial charge in [-0.25, -0.2) is 0 Å². The number of alkyl halides is 1. The maximum atomic E-state index is 6.04. The highest BCUT2D eigenvalue weighted by Gasteiger charge is 2.15. The van der Waals surface area contributed by atoms with Crippen molar-refractivity contribution in [3.05, 3.63) is 35.4 Å². The number of hydrogen-bond acceptors (Lipinski definition) is 0. The summed E-state index contributed by atoms with van der Waals surface area (Å²) in [6, 6.07) is 8.90. The van der Waals surface area contributed by atoms with Gasteiger partial charge < -0.3 is 0 Å². The van der Waals surface area contributed by atoms with Gasteiger partial charge in [0.2, 0.25) is 0 Å². The van der Waals surface area contributed by atoms with Gasteiger partial charge in [0, 0.05) is 0 Å². The quantitative estimate of drug-likeness (QED) is 0.616. The standard InChI is InChI=1S/C14H19Cl/c1-11(15)12-7-9-14(10-8-12)13-5-3-2-4-6-13/h7-11,13H,2-6H2,1H3. The lowest BCUT2D eigenvalue weighted by molar-refractivity contribution is 0.443. The fourth-order valence-corrected chi connectivity index (χ4v) is 2.61. The predicted molar refractivity (Wildman–Crippen MR) is 66.5 cm³/mol. The lowest BCUT2D eigenvalue weighted by Gasteiger charge is -2.22. The second-order valence-electron chi connectivity index (χ2n) is 4.62. The van der Waals surface area contributed by atoms with Crippen molar-refractivity contribution >= 4 is 11.6 Å². The summed E-state index contributed by atoms with van der Waals surface area (Å²) in [5, 5.41) is 0.130. The third-order valence-corrected chi connectivity index (χ3v) is 3.72.